The number of hydrogen-bond donors (Lipinski definition) is 2. The zero-order chi connectivity index (χ0) is 17.9. The van der Waals surface area contributed by atoms with Gasteiger partial charge in [0.05, 0.1) is 20.5 Å². The van der Waals surface area contributed by atoms with E-state index in [0.717, 1.165) is 5.56 Å². The third-order valence-corrected chi connectivity index (χ3v) is 5.18. The van der Waals surface area contributed by atoms with E-state index in [2.05, 4.69) is 10.0 Å². The molecule has 2 rings (SSSR count). The summed E-state index contributed by atoms with van der Waals surface area (Å²) in [5, 5.41) is 14.2. The lowest BCUT2D eigenvalue weighted by Crippen LogP contribution is -2.18. The number of rotatable bonds is 6. The van der Waals surface area contributed by atoms with Gasteiger partial charge < -0.3 is 5.32 Å². The minimum atomic E-state index is -3.46. The van der Waals surface area contributed by atoms with E-state index in [1.54, 1.807) is 19.1 Å². The highest BCUT2D eigenvalue weighted by molar-refractivity contribution is 7.89. The second kappa shape index (κ2) is 7.16. The van der Waals surface area contributed by atoms with Gasteiger partial charge in [0, 0.05) is 18.7 Å². The Kier molecular flexibility index (Phi) is 5.43. The maximum absolute atomic E-state index is 11.7. The van der Waals surface area contributed by atoms with Gasteiger partial charge in [-0.05, 0) is 37.2 Å². The number of anilines is 1. The molecule has 0 saturated carbocycles. The smallest absolute Gasteiger partial charge is 0.271 e. The normalized spacial score (nSPS) is 11.3. The van der Waals surface area contributed by atoms with Crippen molar-refractivity contribution in [1.82, 2.24) is 4.72 Å². The number of nitro benzene ring substituents is 1. The Morgan fingerprint density at radius 1 is 1.21 bits per heavy atom. The Morgan fingerprint density at radius 2 is 1.83 bits per heavy atom. The van der Waals surface area contributed by atoms with Gasteiger partial charge in [-0.15, -0.1) is 0 Å². The molecule has 0 heterocycles. The largest absolute Gasteiger partial charge is 0.380 e. The number of non-ortho nitro benzene ring substituents is 1. The molecule has 0 aromatic heterocycles. The molecule has 0 amide bonds. The zero-order valence-electron chi connectivity index (χ0n) is 13.0. The second-order valence-corrected chi connectivity index (χ2v) is 7.38. The number of hydrogen-bond acceptors (Lipinski definition) is 5. The summed E-state index contributed by atoms with van der Waals surface area (Å²) >= 11 is 6.09. The molecule has 2 N–H and O–H groups in total. The van der Waals surface area contributed by atoms with Gasteiger partial charge in [-0.25, -0.2) is 13.1 Å². The molecular weight excluding hydrogens is 354 g/mol. The molecule has 0 aliphatic rings. The van der Waals surface area contributed by atoms with Gasteiger partial charge in [-0.1, -0.05) is 23.7 Å². The molecule has 2 aromatic rings. The Bertz CT molecular complexity index is 844. The van der Waals surface area contributed by atoms with Crippen molar-refractivity contribution in [3.8, 4) is 0 Å². The second-order valence-electron chi connectivity index (χ2n) is 5.08. The first-order chi connectivity index (χ1) is 11.2. The molecule has 0 aliphatic carbocycles. The Balaban J connectivity index is 2.16. The average Bonchev–Trinajstić information content (AvgIpc) is 2.54. The van der Waals surface area contributed by atoms with Crippen molar-refractivity contribution < 1.29 is 13.3 Å². The molecule has 2 aromatic carbocycles. The van der Waals surface area contributed by atoms with Gasteiger partial charge in [0.15, 0.2) is 0 Å². The van der Waals surface area contributed by atoms with Crippen molar-refractivity contribution in [3.05, 3.63) is 62.7 Å². The van der Waals surface area contributed by atoms with Crippen LogP contribution in [-0.4, -0.2) is 20.4 Å². The van der Waals surface area contributed by atoms with E-state index in [9.17, 15) is 18.5 Å². The summed E-state index contributed by atoms with van der Waals surface area (Å²) in [6.07, 6.45) is 0. The lowest BCUT2D eigenvalue weighted by molar-refractivity contribution is -0.384. The summed E-state index contributed by atoms with van der Waals surface area (Å²) in [5.41, 5.74) is 2.04. The SMILES string of the molecule is CNS(=O)(=O)c1ccc(CNc2c(C)cc([N+](=O)[O-])cc2Cl)cc1. The van der Waals surface area contributed by atoms with Crippen LogP contribution in [-0.2, 0) is 16.6 Å². The van der Waals surface area contributed by atoms with Crippen LogP contribution >= 0.6 is 11.6 Å². The van der Waals surface area contributed by atoms with Gasteiger partial charge in [-0.3, -0.25) is 10.1 Å². The van der Waals surface area contributed by atoms with E-state index in [1.165, 1.54) is 31.3 Å². The van der Waals surface area contributed by atoms with Crippen molar-refractivity contribution in [1.29, 1.82) is 0 Å². The van der Waals surface area contributed by atoms with Crippen molar-refractivity contribution in [2.45, 2.75) is 18.4 Å². The third kappa shape index (κ3) is 4.02. The summed E-state index contributed by atoms with van der Waals surface area (Å²) in [6, 6.07) is 9.12. The predicted molar refractivity (Wildman–Crippen MR) is 92.9 cm³/mol. The topological polar surface area (TPSA) is 101 Å². The van der Waals surface area contributed by atoms with Crippen molar-refractivity contribution in [2.24, 2.45) is 0 Å². The highest BCUT2D eigenvalue weighted by Crippen LogP contribution is 2.31. The number of benzene rings is 2. The van der Waals surface area contributed by atoms with Crippen LogP contribution in [0.3, 0.4) is 0 Å². The number of sulfonamides is 1. The van der Waals surface area contributed by atoms with E-state index < -0.39 is 14.9 Å². The van der Waals surface area contributed by atoms with Crippen LogP contribution in [0, 0.1) is 17.0 Å². The first kappa shape index (κ1) is 18.2. The molecule has 0 fully saturated rings. The monoisotopic (exact) mass is 369 g/mol. The molecule has 0 saturated heterocycles. The molecule has 0 unspecified atom stereocenters. The number of nitrogens with zero attached hydrogens (tertiary/aromatic N) is 1. The molecule has 0 aliphatic heterocycles. The molecule has 0 spiro atoms. The van der Waals surface area contributed by atoms with Crippen molar-refractivity contribution >= 4 is 33.0 Å². The first-order valence-corrected chi connectivity index (χ1v) is 8.81. The number of nitro groups is 1. The predicted octanol–water partition coefficient (Wildman–Crippen LogP) is 3.08. The van der Waals surface area contributed by atoms with Gasteiger partial charge in [-0.2, -0.15) is 0 Å². The summed E-state index contributed by atoms with van der Waals surface area (Å²) < 4.78 is 25.6. The average molecular weight is 370 g/mol. The van der Waals surface area contributed by atoms with Crippen LogP contribution in [0.1, 0.15) is 11.1 Å². The van der Waals surface area contributed by atoms with E-state index >= 15 is 0 Å². The lowest BCUT2D eigenvalue weighted by atomic mass is 10.1. The van der Waals surface area contributed by atoms with Crippen LogP contribution in [0.5, 0.6) is 0 Å². The maximum atomic E-state index is 11.7. The molecule has 24 heavy (non-hydrogen) atoms. The Morgan fingerprint density at radius 3 is 2.33 bits per heavy atom. The molecular formula is C15H16ClN3O4S. The molecule has 9 heteroatoms. The molecule has 0 atom stereocenters. The highest BCUT2D eigenvalue weighted by Gasteiger charge is 2.14. The summed E-state index contributed by atoms with van der Waals surface area (Å²) in [7, 11) is -2.11. The summed E-state index contributed by atoms with van der Waals surface area (Å²) in [4.78, 5) is 10.5. The fourth-order valence-electron chi connectivity index (χ4n) is 2.15. The van der Waals surface area contributed by atoms with Crippen LogP contribution in [0.2, 0.25) is 5.02 Å². The Hall–Kier alpha value is -2.16. The Labute approximate surface area is 144 Å². The van der Waals surface area contributed by atoms with Gasteiger partial charge >= 0.3 is 0 Å². The fraction of sp³-hybridized carbons (Fsp3) is 0.200. The fourth-order valence-corrected chi connectivity index (χ4v) is 3.21. The molecule has 7 nitrogen and oxygen atoms in total. The standard InChI is InChI=1S/C15H16ClN3O4S/c1-10-7-12(19(20)21)8-14(16)15(10)18-9-11-3-5-13(6-4-11)24(22,23)17-2/h3-8,17-18H,9H2,1-2H3. The van der Waals surface area contributed by atoms with Crippen LogP contribution < -0.4 is 10.0 Å². The minimum absolute atomic E-state index is 0.0651. The van der Waals surface area contributed by atoms with E-state index in [1.807, 2.05) is 0 Å². The van der Waals surface area contributed by atoms with Gasteiger partial charge in [0.2, 0.25) is 10.0 Å². The lowest BCUT2D eigenvalue weighted by Gasteiger charge is -2.12. The van der Waals surface area contributed by atoms with E-state index in [4.69, 9.17) is 11.6 Å². The number of aryl methyl sites for hydroxylation is 1. The quantitative estimate of drug-likeness (QED) is 0.601. The third-order valence-electron chi connectivity index (χ3n) is 3.45. The van der Waals surface area contributed by atoms with E-state index in [0.29, 0.717) is 17.8 Å². The zero-order valence-corrected chi connectivity index (χ0v) is 14.6. The first-order valence-electron chi connectivity index (χ1n) is 6.95. The van der Waals surface area contributed by atoms with Crippen LogP contribution in [0.15, 0.2) is 41.3 Å². The van der Waals surface area contributed by atoms with E-state index in [-0.39, 0.29) is 15.6 Å². The van der Waals surface area contributed by atoms with Crippen LogP contribution in [0.4, 0.5) is 11.4 Å². The van der Waals surface area contributed by atoms with Gasteiger partial charge in [0.1, 0.15) is 0 Å². The minimum Gasteiger partial charge on any atom is -0.380 e. The number of nitrogens with one attached hydrogen (secondary N) is 2. The molecule has 0 radical (unpaired) electrons. The van der Waals surface area contributed by atoms with Gasteiger partial charge in [0.25, 0.3) is 5.69 Å². The summed E-state index contributed by atoms with van der Waals surface area (Å²) in [6.45, 7) is 2.13. The van der Waals surface area contributed by atoms with Crippen molar-refractivity contribution in [3.63, 3.8) is 0 Å². The maximum Gasteiger partial charge on any atom is 0.271 e. The highest BCUT2D eigenvalue weighted by atomic mass is 35.5. The summed E-state index contributed by atoms with van der Waals surface area (Å²) in [5.74, 6) is 0. The van der Waals surface area contributed by atoms with Crippen LogP contribution in [0.25, 0.3) is 0 Å². The number of halogens is 1. The molecule has 0 bridgehead atoms. The van der Waals surface area contributed by atoms with Crippen molar-refractivity contribution in [2.75, 3.05) is 12.4 Å². The molecule has 128 valence electrons.